The molecule has 0 N–H and O–H groups in total. The second-order valence-corrected chi connectivity index (χ2v) is 7.41. The zero-order valence-corrected chi connectivity index (χ0v) is 15.1. The molecule has 142 valence electrons. The Labute approximate surface area is 151 Å². The Hall–Kier alpha value is -2.02. The standard InChI is InChI=1S/C19H24F2N2O3/c1-13(26-2)18(25)22-5-3-19(4-6-22)10-17(24)23(12-19)11-14-7-15(20)9-16(21)8-14/h7-9,13H,3-6,10-12H2,1-2H3/t13-/m1/s1. The van der Waals surface area contributed by atoms with Crippen molar-refractivity contribution in [2.75, 3.05) is 26.7 Å². The predicted octanol–water partition coefficient (Wildman–Crippen LogP) is 2.34. The van der Waals surface area contributed by atoms with Gasteiger partial charge in [-0.25, -0.2) is 8.78 Å². The molecule has 26 heavy (non-hydrogen) atoms. The number of ether oxygens (including phenoxy) is 1. The minimum absolute atomic E-state index is 0.000273. The maximum Gasteiger partial charge on any atom is 0.251 e. The van der Waals surface area contributed by atoms with Gasteiger partial charge in [0.1, 0.15) is 17.7 Å². The molecule has 1 aromatic rings. The van der Waals surface area contributed by atoms with E-state index in [-0.39, 0.29) is 23.8 Å². The summed E-state index contributed by atoms with van der Waals surface area (Å²) in [6, 6.07) is 3.34. The number of carbonyl (C=O) groups is 2. The molecule has 5 nitrogen and oxygen atoms in total. The van der Waals surface area contributed by atoms with Gasteiger partial charge in [-0.05, 0) is 37.5 Å². The summed E-state index contributed by atoms with van der Waals surface area (Å²) in [6.07, 6.45) is 1.45. The molecule has 1 aromatic carbocycles. The van der Waals surface area contributed by atoms with Crippen LogP contribution in [0.2, 0.25) is 0 Å². The largest absolute Gasteiger partial charge is 0.372 e. The molecule has 2 heterocycles. The molecule has 0 aromatic heterocycles. The van der Waals surface area contributed by atoms with E-state index < -0.39 is 17.7 Å². The van der Waals surface area contributed by atoms with Gasteiger partial charge in [0, 0.05) is 51.2 Å². The molecule has 0 bridgehead atoms. The minimum Gasteiger partial charge on any atom is -0.372 e. The summed E-state index contributed by atoms with van der Waals surface area (Å²) in [4.78, 5) is 28.1. The Morgan fingerprint density at radius 1 is 1.23 bits per heavy atom. The lowest BCUT2D eigenvalue weighted by molar-refractivity contribution is -0.143. The third kappa shape index (κ3) is 3.87. The molecule has 3 rings (SSSR count). The molecule has 2 fully saturated rings. The molecule has 0 unspecified atom stereocenters. The number of piperidine rings is 1. The first-order chi connectivity index (χ1) is 12.3. The summed E-state index contributed by atoms with van der Waals surface area (Å²) < 4.78 is 31.8. The predicted molar refractivity (Wildman–Crippen MR) is 91.1 cm³/mol. The van der Waals surface area contributed by atoms with Crippen LogP contribution in [0.15, 0.2) is 18.2 Å². The van der Waals surface area contributed by atoms with Gasteiger partial charge in [-0.3, -0.25) is 9.59 Å². The van der Waals surface area contributed by atoms with Crippen LogP contribution in [0.5, 0.6) is 0 Å². The van der Waals surface area contributed by atoms with E-state index in [0.717, 1.165) is 18.9 Å². The number of rotatable bonds is 4. The lowest BCUT2D eigenvalue weighted by Gasteiger charge is -2.39. The van der Waals surface area contributed by atoms with Crippen LogP contribution >= 0.6 is 0 Å². The van der Waals surface area contributed by atoms with Gasteiger partial charge in [0.15, 0.2) is 0 Å². The first-order valence-corrected chi connectivity index (χ1v) is 8.86. The second-order valence-electron chi connectivity index (χ2n) is 7.41. The van der Waals surface area contributed by atoms with Gasteiger partial charge in [0.25, 0.3) is 5.91 Å². The van der Waals surface area contributed by atoms with E-state index in [1.54, 1.807) is 16.7 Å². The number of hydrogen-bond acceptors (Lipinski definition) is 3. The summed E-state index contributed by atoms with van der Waals surface area (Å²) in [5.74, 6) is -1.31. The summed E-state index contributed by atoms with van der Waals surface area (Å²) in [5, 5.41) is 0. The van der Waals surface area contributed by atoms with Crippen molar-refractivity contribution in [2.45, 2.75) is 38.8 Å². The maximum atomic E-state index is 13.4. The third-order valence-corrected chi connectivity index (χ3v) is 5.54. The van der Waals surface area contributed by atoms with Crippen molar-refractivity contribution >= 4 is 11.8 Å². The molecular weight excluding hydrogens is 342 g/mol. The highest BCUT2D eigenvalue weighted by Gasteiger charge is 2.45. The van der Waals surface area contributed by atoms with Crippen LogP contribution in [0.3, 0.4) is 0 Å². The van der Waals surface area contributed by atoms with Crippen LogP contribution in [0.1, 0.15) is 31.7 Å². The lowest BCUT2D eigenvalue weighted by atomic mass is 9.77. The smallest absolute Gasteiger partial charge is 0.251 e. The van der Waals surface area contributed by atoms with Crippen molar-refractivity contribution in [1.82, 2.24) is 9.80 Å². The highest BCUT2D eigenvalue weighted by atomic mass is 19.1. The number of hydrogen-bond donors (Lipinski definition) is 0. The molecule has 2 aliphatic heterocycles. The zero-order chi connectivity index (χ0) is 18.9. The molecule has 2 aliphatic rings. The maximum absolute atomic E-state index is 13.4. The SMILES string of the molecule is CO[C@H](C)C(=O)N1CCC2(CC1)CC(=O)N(Cc1cc(F)cc(F)c1)C2. The Balaban J connectivity index is 1.62. The fourth-order valence-corrected chi connectivity index (χ4v) is 3.94. The highest BCUT2D eigenvalue weighted by Crippen LogP contribution is 2.41. The van der Waals surface area contributed by atoms with Crippen molar-refractivity contribution in [3.8, 4) is 0 Å². The average molecular weight is 366 g/mol. The van der Waals surface area contributed by atoms with Gasteiger partial charge in [-0.15, -0.1) is 0 Å². The monoisotopic (exact) mass is 366 g/mol. The quantitative estimate of drug-likeness (QED) is 0.822. The van der Waals surface area contributed by atoms with E-state index in [2.05, 4.69) is 0 Å². The molecule has 0 saturated carbocycles. The Morgan fingerprint density at radius 3 is 2.42 bits per heavy atom. The fraction of sp³-hybridized carbons (Fsp3) is 0.579. The minimum atomic E-state index is -0.638. The van der Waals surface area contributed by atoms with Crippen molar-refractivity contribution in [2.24, 2.45) is 5.41 Å². The molecule has 0 radical (unpaired) electrons. The van der Waals surface area contributed by atoms with Gasteiger partial charge in [-0.2, -0.15) is 0 Å². The van der Waals surface area contributed by atoms with Crippen LogP contribution in [-0.2, 0) is 20.9 Å². The number of halogens is 2. The molecule has 2 amide bonds. The Kier molecular flexibility index (Phi) is 5.27. The van der Waals surface area contributed by atoms with Crippen LogP contribution in [0, 0.1) is 17.0 Å². The summed E-state index contributed by atoms with van der Waals surface area (Å²) in [5.41, 5.74) is 0.296. The average Bonchev–Trinajstić information content (AvgIpc) is 2.88. The van der Waals surface area contributed by atoms with Crippen LogP contribution < -0.4 is 0 Å². The zero-order valence-electron chi connectivity index (χ0n) is 15.1. The topological polar surface area (TPSA) is 49.9 Å². The molecule has 1 atom stereocenters. The van der Waals surface area contributed by atoms with Gasteiger partial charge in [-0.1, -0.05) is 0 Å². The summed E-state index contributed by atoms with van der Waals surface area (Å²) in [7, 11) is 1.51. The number of carbonyl (C=O) groups excluding carboxylic acids is 2. The van der Waals surface area contributed by atoms with Crippen molar-refractivity contribution in [3.05, 3.63) is 35.4 Å². The van der Waals surface area contributed by atoms with Crippen LogP contribution in [-0.4, -0.2) is 54.5 Å². The fourth-order valence-electron chi connectivity index (χ4n) is 3.94. The number of methoxy groups -OCH3 is 1. The van der Waals surface area contributed by atoms with Crippen molar-refractivity contribution in [3.63, 3.8) is 0 Å². The van der Waals surface area contributed by atoms with E-state index in [9.17, 15) is 18.4 Å². The summed E-state index contributed by atoms with van der Waals surface area (Å²) in [6.45, 7) is 3.70. The number of amides is 2. The van der Waals surface area contributed by atoms with Gasteiger partial charge in [0.05, 0.1) is 0 Å². The van der Waals surface area contributed by atoms with Crippen molar-refractivity contribution < 1.29 is 23.1 Å². The Morgan fingerprint density at radius 2 is 1.85 bits per heavy atom. The number of benzene rings is 1. The van der Waals surface area contributed by atoms with E-state index in [0.29, 0.717) is 31.6 Å². The molecular formula is C19H24F2N2O3. The Bertz CT molecular complexity index is 682. The highest BCUT2D eigenvalue weighted by molar-refractivity contribution is 5.81. The second kappa shape index (κ2) is 7.31. The van der Waals surface area contributed by atoms with E-state index in [1.165, 1.54) is 19.2 Å². The van der Waals surface area contributed by atoms with Gasteiger partial charge >= 0.3 is 0 Å². The van der Waals surface area contributed by atoms with E-state index in [1.807, 2.05) is 0 Å². The summed E-state index contributed by atoms with van der Waals surface area (Å²) >= 11 is 0. The first kappa shape index (κ1) is 18.8. The first-order valence-electron chi connectivity index (χ1n) is 8.86. The van der Waals surface area contributed by atoms with E-state index >= 15 is 0 Å². The number of nitrogens with zero attached hydrogens (tertiary/aromatic N) is 2. The van der Waals surface area contributed by atoms with Gasteiger partial charge < -0.3 is 14.5 Å². The van der Waals surface area contributed by atoms with Crippen molar-refractivity contribution in [1.29, 1.82) is 0 Å². The normalized spacial score (nSPS) is 20.7. The molecule has 0 aliphatic carbocycles. The lowest BCUT2D eigenvalue weighted by Crippen LogP contribution is -2.47. The molecule has 2 saturated heterocycles. The number of likely N-dealkylation sites (tertiary alicyclic amines) is 2. The third-order valence-electron chi connectivity index (χ3n) is 5.54. The van der Waals surface area contributed by atoms with Gasteiger partial charge in [0.2, 0.25) is 5.91 Å². The van der Waals surface area contributed by atoms with Crippen LogP contribution in [0.4, 0.5) is 8.78 Å². The molecule has 7 heteroatoms. The van der Waals surface area contributed by atoms with E-state index in [4.69, 9.17) is 4.74 Å². The molecule has 1 spiro atoms. The van der Waals surface area contributed by atoms with Crippen LogP contribution in [0.25, 0.3) is 0 Å².